The first-order valence-electron chi connectivity index (χ1n) is 4.53. The molecule has 1 aromatic rings. The highest BCUT2D eigenvalue weighted by Crippen LogP contribution is 2.16. The van der Waals surface area contributed by atoms with Gasteiger partial charge in [0.2, 0.25) is 0 Å². The second-order valence-electron chi connectivity index (χ2n) is 3.40. The molecule has 5 heteroatoms. The van der Waals surface area contributed by atoms with E-state index in [1.807, 2.05) is 4.57 Å². The van der Waals surface area contributed by atoms with Gasteiger partial charge in [-0.2, -0.15) is 0 Å². The van der Waals surface area contributed by atoms with Crippen molar-refractivity contribution in [3.8, 4) is 0 Å². The lowest BCUT2D eigenvalue weighted by atomic mass is 10.1. The Kier molecular flexibility index (Phi) is 2.25. The Morgan fingerprint density at radius 2 is 2.57 bits per heavy atom. The topological polar surface area (TPSA) is 64.3 Å². The second-order valence-corrected chi connectivity index (χ2v) is 3.40. The van der Waals surface area contributed by atoms with E-state index in [1.54, 1.807) is 13.3 Å². The number of ether oxygens (including phenoxy) is 1. The molecule has 0 amide bonds. The highest BCUT2D eigenvalue weighted by molar-refractivity contribution is 5.85. The van der Waals surface area contributed by atoms with Crippen LogP contribution in [0.4, 0.5) is 0 Å². The molecule has 0 saturated carbocycles. The van der Waals surface area contributed by atoms with Crippen molar-refractivity contribution in [1.29, 1.82) is 0 Å². The van der Waals surface area contributed by atoms with Crippen LogP contribution in [0.25, 0.3) is 0 Å². The van der Waals surface area contributed by atoms with E-state index in [1.165, 1.54) is 0 Å². The number of imidazole rings is 1. The number of carboxylic acids is 1. The van der Waals surface area contributed by atoms with Crippen molar-refractivity contribution in [2.24, 2.45) is 0 Å². The Balaban J connectivity index is 2.25. The Morgan fingerprint density at radius 1 is 1.79 bits per heavy atom. The molecular formula is C9H12N2O3. The van der Waals surface area contributed by atoms with E-state index in [4.69, 9.17) is 9.84 Å². The minimum atomic E-state index is -0.971. The number of rotatable bonds is 2. The fraction of sp³-hybridized carbons (Fsp3) is 0.556. The van der Waals surface area contributed by atoms with Crippen molar-refractivity contribution in [3.63, 3.8) is 0 Å². The lowest BCUT2D eigenvalue weighted by Crippen LogP contribution is -2.25. The number of nitrogens with zero attached hydrogens (tertiary/aromatic N) is 2. The SMILES string of the molecule is COC1CCc2nc(C(=O)O)cn2C1. The predicted octanol–water partition coefficient (Wildman–Crippen LogP) is 0.542. The van der Waals surface area contributed by atoms with Crippen molar-refractivity contribution in [2.45, 2.75) is 25.5 Å². The Labute approximate surface area is 81.3 Å². The van der Waals surface area contributed by atoms with Gasteiger partial charge in [0.15, 0.2) is 5.69 Å². The summed E-state index contributed by atoms with van der Waals surface area (Å²) >= 11 is 0. The molecule has 2 rings (SSSR count). The maximum atomic E-state index is 10.7. The highest BCUT2D eigenvalue weighted by Gasteiger charge is 2.21. The molecule has 1 aromatic heterocycles. The van der Waals surface area contributed by atoms with E-state index in [9.17, 15) is 4.79 Å². The van der Waals surface area contributed by atoms with E-state index in [0.717, 1.165) is 18.7 Å². The van der Waals surface area contributed by atoms with Gasteiger partial charge in [-0.3, -0.25) is 0 Å². The number of aryl methyl sites for hydroxylation is 1. The van der Waals surface area contributed by atoms with Gasteiger partial charge in [0.1, 0.15) is 5.82 Å². The van der Waals surface area contributed by atoms with Gasteiger partial charge in [0, 0.05) is 19.7 Å². The first-order chi connectivity index (χ1) is 6.70. The van der Waals surface area contributed by atoms with Crippen LogP contribution in [0.2, 0.25) is 0 Å². The van der Waals surface area contributed by atoms with Gasteiger partial charge in [0.25, 0.3) is 0 Å². The maximum Gasteiger partial charge on any atom is 0.356 e. The third-order valence-electron chi connectivity index (χ3n) is 2.50. The molecule has 76 valence electrons. The molecule has 0 saturated heterocycles. The van der Waals surface area contributed by atoms with Crippen LogP contribution in [0, 0.1) is 0 Å². The van der Waals surface area contributed by atoms with E-state index in [-0.39, 0.29) is 11.8 Å². The van der Waals surface area contributed by atoms with Crippen molar-refractivity contribution < 1.29 is 14.6 Å². The normalized spacial score (nSPS) is 20.5. The van der Waals surface area contributed by atoms with Gasteiger partial charge in [-0.15, -0.1) is 0 Å². The summed E-state index contributed by atoms with van der Waals surface area (Å²) in [5, 5.41) is 8.75. The fourth-order valence-electron chi connectivity index (χ4n) is 1.71. The third-order valence-corrected chi connectivity index (χ3v) is 2.50. The van der Waals surface area contributed by atoms with Gasteiger partial charge in [-0.25, -0.2) is 9.78 Å². The molecule has 1 N–H and O–H groups in total. The van der Waals surface area contributed by atoms with Crippen LogP contribution >= 0.6 is 0 Å². The molecular weight excluding hydrogens is 184 g/mol. The summed E-state index contributed by atoms with van der Waals surface area (Å²) in [4.78, 5) is 14.7. The van der Waals surface area contributed by atoms with Gasteiger partial charge in [0.05, 0.1) is 12.6 Å². The number of hydrogen-bond donors (Lipinski definition) is 1. The summed E-state index contributed by atoms with van der Waals surface area (Å²) in [7, 11) is 1.67. The molecule has 2 heterocycles. The number of aromatic carboxylic acids is 1. The predicted molar refractivity (Wildman–Crippen MR) is 48.3 cm³/mol. The molecule has 0 aromatic carbocycles. The molecule has 1 aliphatic heterocycles. The summed E-state index contributed by atoms with van der Waals surface area (Å²) in [6, 6.07) is 0. The molecule has 0 spiro atoms. The van der Waals surface area contributed by atoms with E-state index < -0.39 is 5.97 Å². The number of fused-ring (bicyclic) bond motifs is 1. The Hall–Kier alpha value is -1.36. The zero-order chi connectivity index (χ0) is 10.1. The molecule has 1 atom stereocenters. The van der Waals surface area contributed by atoms with Crippen molar-refractivity contribution in [1.82, 2.24) is 9.55 Å². The lowest BCUT2D eigenvalue weighted by Gasteiger charge is -2.21. The standard InChI is InChI=1S/C9H12N2O3/c1-14-6-2-3-8-10-7(9(12)13)5-11(8)4-6/h5-6H,2-4H2,1H3,(H,12,13). The van der Waals surface area contributed by atoms with E-state index in [2.05, 4.69) is 4.98 Å². The number of aromatic nitrogens is 2. The minimum absolute atomic E-state index is 0.122. The molecule has 0 fully saturated rings. The minimum Gasteiger partial charge on any atom is -0.476 e. The fourth-order valence-corrected chi connectivity index (χ4v) is 1.71. The van der Waals surface area contributed by atoms with Crippen LogP contribution in [0.1, 0.15) is 22.7 Å². The molecule has 5 nitrogen and oxygen atoms in total. The van der Waals surface area contributed by atoms with Crippen LogP contribution in [0.3, 0.4) is 0 Å². The number of carbonyl (C=O) groups is 1. The summed E-state index contributed by atoms with van der Waals surface area (Å²) in [5.74, 6) is -0.128. The van der Waals surface area contributed by atoms with Crippen molar-refractivity contribution in [2.75, 3.05) is 7.11 Å². The van der Waals surface area contributed by atoms with Crippen LogP contribution in [0.15, 0.2) is 6.20 Å². The Bertz CT molecular complexity index is 359. The van der Waals surface area contributed by atoms with E-state index >= 15 is 0 Å². The largest absolute Gasteiger partial charge is 0.476 e. The van der Waals surface area contributed by atoms with Gasteiger partial charge < -0.3 is 14.4 Å². The molecule has 0 radical (unpaired) electrons. The molecule has 1 aliphatic rings. The lowest BCUT2D eigenvalue weighted by molar-refractivity contribution is 0.0687. The van der Waals surface area contributed by atoms with Gasteiger partial charge >= 0.3 is 5.97 Å². The van der Waals surface area contributed by atoms with Gasteiger partial charge in [-0.1, -0.05) is 0 Å². The first-order valence-corrected chi connectivity index (χ1v) is 4.53. The van der Waals surface area contributed by atoms with Crippen molar-refractivity contribution in [3.05, 3.63) is 17.7 Å². The molecule has 14 heavy (non-hydrogen) atoms. The maximum absolute atomic E-state index is 10.7. The average Bonchev–Trinajstić information content (AvgIpc) is 2.59. The Morgan fingerprint density at radius 3 is 3.21 bits per heavy atom. The third kappa shape index (κ3) is 1.50. The van der Waals surface area contributed by atoms with Crippen LogP contribution in [-0.4, -0.2) is 33.8 Å². The van der Waals surface area contributed by atoms with Crippen LogP contribution in [-0.2, 0) is 17.7 Å². The number of hydrogen-bond acceptors (Lipinski definition) is 3. The molecule has 1 unspecified atom stereocenters. The smallest absolute Gasteiger partial charge is 0.356 e. The average molecular weight is 196 g/mol. The summed E-state index contributed by atoms with van der Waals surface area (Å²) in [6.07, 6.45) is 3.44. The quantitative estimate of drug-likeness (QED) is 0.749. The summed E-state index contributed by atoms with van der Waals surface area (Å²) < 4.78 is 7.08. The monoisotopic (exact) mass is 196 g/mol. The van der Waals surface area contributed by atoms with Crippen molar-refractivity contribution >= 4 is 5.97 Å². The zero-order valence-electron chi connectivity index (χ0n) is 7.93. The first kappa shape index (κ1) is 9.21. The second kappa shape index (κ2) is 3.42. The molecule has 0 bridgehead atoms. The van der Waals surface area contributed by atoms with E-state index in [0.29, 0.717) is 6.54 Å². The van der Waals surface area contributed by atoms with Gasteiger partial charge in [-0.05, 0) is 6.42 Å². The van der Waals surface area contributed by atoms with Crippen LogP contribution < -0.4 is 0 Å². The number of methoxy groups -OCH3 is 1. The van der Waals surface area contributed by atoms with Crippen LogP contribution in [0.5, 0.6) is 0 Å². The number of carboxylic acid groups (broad SMARTS) is 1. The highest BCUT2D eigenvalue weighted by atomic mass is 16.5. The molecule has 0 aliphatic carbocycles. The zero-order valence-corrected chi connectivity index (χ0v) is 7.93. The summed E-state index contributed by atoms with van der Waals surface area (Å²) in [5.41, 5.74) is 0.122. The summed E-state index contributed by atoms with van der Waals surface area (Å²) in [6.45, 7) is 0.701.